The third kappa shape index (κ3) is 2.87. The first-order valence-corrected chi connectivity index (χ1v) is 9.97. The molecule has 5 aromatic rings. The number of aromatic nitrogens is 7. The number of aromatic amines is 1. The summed E-state index contributed by atoms with van der Waals surface area (Å²) in [7, 11) is 0. The molecule has 1 aromatic carbocycles. The van der Waals surface area contributed by atoms with Crippen LogP contribution < -0.4 is 0 Å². The third-order valence-electron chi connectivity index (χ3n) is 4.75. The summed E-state index contributed by atoms with van der Waals surface area (Å²) in [5, 5.41) is 18.5. The van der Waals surface area contributed by atoms with Crippen molar-refractivity contribution >= 4 is 22.5 Å². The van der Waals surface area contributed by atoms with Crippen LogP contribution in [-0.2, 0) is 13.0 Å². The summed E-state index contributed by atoms with van der Waals surface area (Å²) < 4.78 is 2.19. The quantitative estimate of drug-likeness (QED) is 0.493. The number of nitrogens with zero attached hydrogens (tertiary/aromatic N) is 6. The van der Waals surface area contributed by atoms with E-state index in [1.807, 2.05) is 23.7 Å². The lowest BCUT2D eigenvalue weighted by atomic mass is 10.0. The van der Waals surface area contributed by atoms with Crippen LogP contribution in [0.15, 0.2) is 53.4 Å². The first-order valence-electron chi connectivity index (χ1n) is 9.03. The van der Waals surface area contributed by atoms with Gasteiger partial charge >= 0.3 is 0 Å². The van der Waals surface area contributed by atoms with Gasteiger partial charge in [0.1, 0.15) is 11.3 Å². The molecule has 4 heterocycles. The van der Waals surface area contributed by atoms with Gasteiger partial charge < -0.3 is 4.57 Å². The van der Waals surface area contributed by atoms with Gasteiger partial charge in [-0.2, -0.15) is 16.6 Å². The number of thiophene rings is 1. The van der Waals surface area contributed by atoms with E-state index in [2.05, 4.69) is 66.7 Å². The van der Waals surface area contributed by atoms with Crippen LogP contribution in [0.25, 0.3) is 33.7 Å². The van der Waals surface area contributed by atoms with Crippen LogP contribution in [-0.4, -0.2) is 35.2 Å². The van der Waals surface area contributed by atoms with Gasteiger partial charge in [-0.05, 0) is 33.9 Å². The minimum atomic E-state index is 0.615. The van der Waals surface area contributed by atoms with Crippen molar-refractivity contribution in [2.75, 3.05) is 0 Å². The molecule has 28 heavy (non-hydrogen) atoms. The number of pyridine rings is 1. The summed E-state index contributed by atoms with van der Waals surface area (Å²) >= 11 is 1.63. The SMILES string of the molecule is CCc1nc2cccnc2n1Cc1ccc(-c2cscc2-c2nn[nH]n2)cc1. The van der Waals surface area contributed by atoms with Gasteiger partial charge in [0.05, 0.1) is 6.54 Å². The van der Waals surface area contributed by atoms with E-state index >= 15 is 0 Å². The molecule has 0 spiro atoms. The lowest BCUT2D eigenvalue weighted by Crippen LogP contribution is -2.05. The Hall–Kier alpha value is -3.39. The van der Waals surface area contributed by atoms with E-state index < -0.39 is 0 Å². The van der Waals surface area contributed by atoms with Crippen LogP contribution in [0.4, 0.5) is 0 Å². The van der Waals surface area contributed by atoms with E-state index in [1.165, 1.54) is 5.56 Å². The zero-order valence-corrected chi connectivity index (χ0v) is 16.0. The van der Waals surface area contributed by atoms with Crippen molar-refractivity contribution in [2.45, 2.75) is 19.9 Å². The van der Waals surface area contributed by atoms with Crippen molar-refractivity contribution in [3.63, 3.8) is 0 Å². The number of benzene rings is 1. The second kappa shape index (κ2) is 6.97. The Morgan fingerprint density at radius 2 is 1.93 bits per heavy atom. The van der Waals surface area contributed by atoms with E-state index in [4.69, 9.17) is 4.98 Å². The van der Waals surface area contributed by atoms with Gasteiger partial charge in [-0.1, -0.05) is 31.2 Å². The average Bonchev–Trinajstić information content (AvgIpc) is 3.48. The van der Waals surface area contributed by atoms with Gasteiger partial charge in [0.25, 0.3) is 0 Å². The maximum Gasteiger partial charge on any atom is 0.206 e. The highest BCUT2D eigenvalue weighted by molar-refractivity contribution is 7.08. The molecule has 0 aliphatic carbocycles. The molecule has 0 saturated carbocycles. The van der Waals surface area contributed by atoms with Crippen molar-refractivity contribution in [2.24, 2.45) is 0 Å². The molecule has 0 aliphatic heterocycles. The number of imidazole rings is 1. The summed E-state index contributed by atoms with van der Waals surface area (Å²) in [6, 6.07) is 12.5. The molecular formula is C20H17N7S. The fraction of sp³-hybridized carbons (Fsp3) is 0.150. The predicted octanol–water partition coefficient (Wildman–Crippen LogP) is 3.95. The summed E-state index contributed by atoms with van der Waals surface area (Å²) in [4.78, 5) is 9.23. The van der Waals surface area contributed by atoms with Crippen LogP contribution in [0.3, 0.4) is 0 Å². The highest BCUT2D eigenvalue weighted by atomic mass is 32.1. The fourth-order valence-corrected chi connectivity index (χ4v) is 4.22. The summed E-state index contributed by atoms with van der Waals surface area (Å²) in [5.41, 5.74) is 6.32. The molecule has 138 valence electrons. The number of aryl methyl sites for hydroxylation is 1. The van der Waals surface area contributed by atoms with Gasteiger partial charge in [-0.25, -0.2) is 9.97 Å². The molecule has 0 fully saturated rings. The highest BCUT2D eigenvalue weighted by Gasteiger charge is 2.13. The third-order valence-corrected chi connectivity index (χ3v) is 5.50. The Labute approximate surface area is 165 Å². The van der Waals surface area contributed by atoms with Crippen molar-refractivity contribution in [3.05, 3.63) is 64.7 Å². The number of nitrogens with one attached hydrogen (secondary N) is 1. The average molecular weight is 387 g/mol. The molecule has 7 nitrogen and oxygen atoms in total. The lowest BCUT2D eigenvalue weighted by molar-refractivity contribution is 0.746. The van der Waals surface area contributed by atoms with Gasteiger partial charge in [0.15, 0.2) is 5.65 Å². The monoisotopic (exact) mass is 387 g/mol. The minimum absolute atomic E-state index is 0.615. The van der Waals surface area contributed by atoms with Gasteiger partial charge in [-0.3, -0.25) is 0 Å². The zero-order valence-electron chi connectivity index (χ0n) is 15.2. The standard InChI is InChI=1S/C20H17N7S/c1-2-18-22-17-4-3-9-21-20(17)27(18)10-13-5-7-14(8-6-13)15-11-28-12-16(15)19-23-25-26-24-19/h3-9,11-12H,2,10H2,1H3,(H,23,24,25,26). The number of tetrazole rings is 1. The van der Waals surface area contributed by atoms with Crippen LogP contribution in [0, 0.1) is 0 Å². The second-order valence-electron chi connectivity index (χ2n) is 6.45. The van der Waals surface area contributed by atoms with E-state index in [0.717, 1.165) is 46.6 Å². The summed E-state index contributed by atoms with van der Waals surface area (Å²) in [5.74, 6) is 1.67. The second-order valence-corrected chi connectivity index (χ2v) is 7.19. The maximum atomic E-state index is 4.70. The van der Waals surface area contributed by atoms with E-state index in [9.17, 15) is 0 Å². The Morgan fingerprint density at radius 1 is 1.07 bits per heavy atom. The fourth-order valence-electron chi connectivity index (χ4n) is 3.38. The molecular weight excluding hydrogens is 370 g/mol. The van der Waals surface area contributed by atoms with Crippen LogP contribution >= 0.6 is 11.3 Å². The molecule has 1 N–H and O–H groups in total. The molecule has 0 atom stereocenters. The predicted molar refractivity (Wildman–Crippen MR) is 109 cm³/mol. The maximum absolute atomic E-state index is 4.70. The van der Waals surface area contributed by atoms with Gasteiger partial charge in [0.2, 0.25) is 5.82 Å². The Bertz CT molecular complexity index is 1220. The Morgan fingerprint density at radius 3 is 2.71 bits per heavy atom. The number of rotatable bonds is 5. The molecule has 0 bridgehead atoms. The minimum Gasteiger partial charge on any atom is -0.308 e. The zero-order chi connectivity index (χ0) is 18.9. The topological polar surface area (TPSA) is 85.2 Å². The molecule has 0 aliphatic rings. The number of fused-ring (bicyclic) bond motifs is 1. The molecule has 0 radical (unpaired) electrons. The lowest BCUT2D eigenvalue weighted by Gasteiger charge is -2.09. The number of H-pyrrole nitrogens is 1. The van der Waals surface area contributed by atoms with Crippen LogP contribution in [0.2, 0.25) is 0 Å². The number of hydrogen-bond donors (Lipinski definition) is 1. The first-order chi connectivity index (χ1) is 13.8. The van der Waals surface area contributed by atoms with Crippen molar-refractivity contribution in [3.8, 4) is 22.5 Å². The van der Waals surface area contributed by atoms with E-state index in [0.29, 0.717) is 5.82 Å². The van der Waals surface area contributed by atoms with E-state index in [1.54, 1.807) is 11.3 Å². The van der Waals surface area contributed by atoms with Crippen molar-refractivity contribution in [1.29, 1.82) is 0 Å². The summed E-state index contributed by atoms with van der Waals surface area (Å²) in [6.07, 6.45) is 2.69. The van der Waals surface area contributed by atoms with Gasteiger partial charge in [0, 0.05) is 29.1 Å². The van der Waals surface area contributed by atoms with Crippen molar-refractivity contribution < 1.29 is 0 Å². The summed E-state index contributed by atoms with van der Waals surface area (Å²) in [6.45, 7) is 2.87. The largest absolute Gasteiger partial charge is 0.308 e. The normalized spacial score (nSPS) is 11.3. The molecule has 4 aromatic heterocycles. The number of hydrogen-bond acceptors (Lipinski definition) is 6. The Balaban J connectivity index is 1.47. The van der Waals surface area contributed by atoms with E-state index in [-0.39, 0.29) is 0 Å². The molecule has 8 heteroatoms. The molecule has 0 amide bonds. The first kappa shape index (κ1) is 16.8. The van der Waals surface area contributed by atoms with Crippen LogP contribution in [0.5, 0.6) is 0 Å². The molecule has 5 rings (SSSR count). The highest BCUT2D eigenvalue weighted by Crippen LogP contribution is 2.33. The smallest absolute Gasteiger partial charge is 0.206 e. The van der Waals surface area contributed by atoms with Crippen molar-refractivity contribution in [1.82, 2.24) is 35.2 Å². The molecule has 0 unspecified atom stereocenters. The van der Waals surface area contributed by atoms with Crippen LogP contribution in [0.1, 0.15) is 18.3 Å². The van der Waals surface area contributed by atoms with Gasteiger partial charge in [-0.15, -0.1) is 10.2 Å². The Kier molecular flexibility index (Phi) is 4.17. The molecule has 0 saturated heterocycles.